The van der Waals surface area contributed by atoms with Gasteiger partial charge >= 0.3 is 5.97 Å². The molecule has 0 amide bonds. The van der Waals surface area contributed by atoms with Crippen LogP contribution in [0.4, 0.5) is 0 Å². The van der Waals surface area contributed by atoms with Crippen LogP contribution in [0.25, 0.3) is 0 Å². The first-order valence-corrected chi connectivity index (χ1v) is 7.85. The lowest BCUT2D eigenvalue weighted by molar-refractivity contribution is 0.0493. The minimum atomic E-state index is -0.591. The molecule has 118 valence electrons. The Hall–Kier alpha value is -1.71. The van der Waals surface area contributed by atoms with Crippen molar-refractivity contribution >= 4 is 5.97 Å². The molecule has 0 aliphatic heterocycles. The maximum atomic E-state index is 11.7. The van der Waals surface area contributed by atoms with Crippen LogP contribution < -0.4 is 0 Å². The molecular formula is C17H26O4. The molecule has 1 rings (SSSR count). The molecule has 0 fully saturated rings. The van der Waals surface area contributed by atoms with Crippen molar-refractivity contribution in [2.45, 2.75) is 58.3 Å². The highest BCUT2D eigenvalue weighted by Gasteiger charge is 2.14. The molecule has 1 aromatic carbocycles. The Morgan fingerprint density at radius 3 is 2.29 bits per heavy atom. The molecule has 0 bridgehead atoms. The lowest BCUT2D eigenvalue weighted by atomic mass is 10.1. The minimum absolute atomic E-state index is 0.00886. The van der Waals surface area contributed by atoms with Gasteiger partial charge in [0.05, 0.1) is 6.61 Å². The zero-order valence-electron chi connectivity index (χ0n) is 12.8. The van der Waals surface area contributed by atoms with Crippen LogP contribution in [0.3, 0.4) is 0 Å². The van der Waals surface area contributed by atoms with E-state index in [1.165, 1.54) is 56.7 Å². The molecule has 0 aliphatic rings. The van der Waals surface area contributed by atoms with Gasteiger partial charge in [-0.05, 0) is 18.6 Å². The number of para-hydroxylation sites is 1. The molecule has 4 heteroatoms. The largest absolute Gasteiger partial charge is 0.504 e. The van der Waals surface area contributed by atoms with Crippen LogP contribution in [0.5, 0.6) is 11.5 Å². The Bertz CT molecular complexity index is 429. The zero-order chi connectivity index (χ0) is 15.5. The van der Waals surface area contributed by atoms with E-state index in [4.69, 9.17) is 4.74 Å². The van der Waals surface area contributed by atoms with Crippen molar-refractivity contribution in [1.82, 2.24) is 0 Å². The molecule has 0 saturated carbocycles. The molecule has 21 heavy (non-hydrogen) atoms. The number of carbonyl (C=O) groups excluding carboxylic acids is 1. The van der Waals surface area contributed by atoms with E-state index in [1.807, 2.05) is 0 Å². The quantitative estimate of drug-likeness (QED) is 0.381. The van der Waals surface area contributed by atoms with Crippen molar-refractivity contribution in [3.05, 3.63) is 23.8 Å². The molecule has 4 nitrogen and oxygen atoms in total. The van der Waals surface area contributed by atoms with Crippen molar-refractivity contribution in [3.63, 3.8) is 0 Å². The summed E-state index contributed by atoms with van der Waals surface area (Å²) in [6, 6.07) is 4.26. The summed E-state index contributed by atoms with van der Waals surface area (Å²) in [6.07, 6.45) is 9.44. The highest BCUT2D eigenvalue weighted by atomic mass is 16.5. The van der Waals surface area contributed by atoms with Gasteiger partial charge in [-0.2, -0.15) is 0 Å². The molecule has 2 N–H and O–H groups in total. The lowest BCUT2D eigenvalue weighted by Gasteiger charge is -2.07. The second kappa shape index (κ2) is 10.1. The first kappa shape index (κ1) is 17.3. The Morgan fingerprint density at radius 1 is 1.00 bits per heavy atom. The second-order valence-electron chi connectivity index (χ2n) is 5.28. The molecule has 1 aromatic rings. The van der Waals surface area contributed by atoms with Gasteiger partial charge in [0.1, 0.15) is 5.56 Å². The summed E-state index contributed by atoms with van der Waals surface area (Å²) < 4.78 is 5.10. The number of carbonyl (C=O) groups is 1. The van der Waals surface area contributed by atoms with Gasteiger partial charge in [-0.3, -0.25) is 0 Å². The number of rotatable bonds is 10. The van der Waals surface area contributed by atoms with Gasteiger partial charge in [0, 0.05) is 0 Å². The SMILES string of the molecule is CCCCCCCCCCOC(=O)c1cccc(O)c1O. The van der Waals surface area contributed by atoms with Crippen LogP contribution in [-0.4, -0.2) is 22.8 Å². The number of aromatic hydroxyl groups is 2. The lowest BCUT2D eigenvalue weighted by Crippen LogP contribution is -2.06. The van der Waals surface area contributed by atoms with Gasteiger partial charge in [-0.25, -0.2) is 4.79 Å². The maximum Gasteiger partial charge on any atom is 0.342 e. The predicted molar refractivity (Wildman–Crippen MR) is 82.7 cm³/mol. The van der Waals surface area contributed by atoms with E-state index in [2.05, 4.69) is 6.92 Å². The number of hydrogen-bond acceptors (Lipinski definition) is 4. The predicted octanol–water partition coefficient (Wildman–Crippen LogP) is 4.40. The smallest absolute Gasteiger partial charge is 0.342 e. The summed E-state index contributed by atoms with van der Waals surface area (Å²) in [5.41, 5.74) is 0.00886. The number of phenols is 2. The number of esters is 1. The topological polar surface area (TPSA) is 66.8 Å². The van der Waals surface area contributed by atoms with Crippen LogP contribution in [0.2, 0.25) is 0 Å². The highest BCUT2D eigenvalue weighted by Crippen LogP contribution is 2.28. The fourth-order valence-electron chi connectivity index (χ4n) is 2.17. The summed E-state index contributed by atoms with van der Waals surface area (Å²) in [7, 11) is 0. The Balaban J connectivity index is 2.13. The Morgan fingerprint density at radius 2 is 1.62 bits per heavy atom. The monoisotopic (exact) mass is 294 g/mol. The van der Waals surface area contributed by atoms with Gasteiger partial charge in [0.2, 0.25) is 0 Å². The van der Waals surface area contributed by atoms with E-state index >= 15 is 0 Å². The molecular weight excluding hydrogens is 268 g/mol. The number of hydrogen-bond donors (Lipinski definition) is 2. The molecule has 0 heterocycles. The van der Waals surface area contributed by atoms with Crippen LogP contribution in [0.1, 0.15) is 68.6 Å². The standard InChI is InChI=1S/C17H26O4/c1-2-3-4-5-6-7-8-9-13-21-17(20)14-11-10-12-15(18)16(14)19/h10-12,18-19H,2-9,13H2,1H3. The summed E-state index contributed by atoms with van der Waals surface area (Å²) >= 11 is 0. The molecule has 0 unspecified atom stereocenters. The number of benzene rings is 1. The van der Waals surface area contributed by atoms with Crippen molar-refractivity contribution in [2.24, 2.45) is 0 Å². The molecule has 0 spiro atoms. The third-order valence-corrected chi connectivity index (χ3v) is 3.47. The third-order valence-electron chi connectivity index (χ3n) is 3.47. The number of phenolic OH excluding ortho intramolecular Hbond substituents is 2. The fourth-order valence-corrected chi connectivity index (χ4v) is 2.17. The van der Waals surface area contributed by atoms with Gasteiger partial charge in [-0.15, -0.1) is 0 Å². The number of ether oxygens (including phenoxy) is 1. The van der Waals surface area contributed by atoms with E-state index in [9.17, 15) is 15.0 Å². The van der Waals surface area contributed by atoms with Crippen LogP contribution in [0.15, 0.2) is 18.2 Å². The van der Waals surface area contributed by atoms with Gasteiger partial charge in [-0.1, -0.05) is 57.9 Å². The molecule has 0 aliphatic carbocycles. The summed E-state index contributed by atoms with van der Waals surface area (Å²) in [4.78, 5) is 11.7. The minimum Gasteiger partial charge on any atom is -0.504 e. The van der Waals surface area contributed by atoms with Crippen molar-refractivity contribution in [1.29, 1.82) is 0 Å². The molecule has 0 saturated heterocycles. The molecule has 0 atom stereocenters. The molecule has 0 aromatic heterocycles. The zero-order valence-corrected chi connectivity index (χ0v) is 12.8. The van der Waals surface area contributed by atoms with E-state index < -0.39 is 11.7 Å². The van der Waals surface area contributed by atoms with Gasteiger partial charge < -0.3 is 14.9 Å². The summed E-state index contributed by atoms with van der Waals surface area (Å²) in [5.74, 6) is -1.32. The Kier molecular flexibility index (Phi) is 8.32. The normalized spacial score (nSPS) is 10.5. The van der Waals surface area contributed by atoms with Crippen molar-refractivity contribution < 1.29 is 19.7 Å². The van der Waals surface area contributed by atoms with E-state index in [1.54, 1.807) is 0 Å². The summed E-state index contributed by atoms with van der Waals surface area (Å²) in [5, 5.41) is 18.9. The van der Waals surface area contributed by atoms with Crippen LogP contribution >= 0.6 is 0 Å². The van der Waals surface area contributed by atoms with E-state index in [-0.39, 0.29) is 11.3 Å². The summed E-state index contributed by atoms with van der Waals surface area (Å²) in [6.45, 7) is 2.56. The third kappa shape index (κ3) is 6.52. The van der Waals surface area contributed by atoms with E-state index in [0.717, 1.165) is 12.8 Å². The first-order chi connectivity index (χ1) is 10.2. The second-order valence-corrected chi connectivity index (χ2v) is 5.28. The number of unbranched alkanes of at least 4 members (excludes halogenated alkanes) is 7. The van der Waals surface area contributed by atoms with Crippen molar-refractivity contribution in [3.8, 4) is 11.5 Å². The average molecular weight is 294 g/mol. The Labute approximate surface area is 126 Å². The van der Waals surface area contributed by atoms with E-state index in [0.29, 0.717) is 6.61 Å². The van der Waals surface area contributed by atoms with Gasteiger partial charge in [0.25, 0.3) is 0 Å². The molecule has 0 radical (unpaired) electrons. The highest BCUT2D eigenvalue weighted by molar-refractivity contribution is 5.93. The fraction of sp³-hybridized carbons (Fsp3) is 0.588. The first-order valence-electron chi connectivity index (χ1n) is 7.85. The van der Waals surface area contributed by atoms with Crippen molar-refractivity contribution in [2.75, 3.05) is 6.61 Å². The van der Waals surface area contributed by atoms with Gasteiger partial charge in [0.15, 0.2) is 11.5 Å². The maximum absolute atomic E-state index is 11.7. The average Bonchev–Trinajstić information content (AvgIpc) is 2.48. The van der Waals surface area contributed by atoms with Crippen LogP contribution in [-0.2, 0) is 4.74 Å². The van der Waals surface area contributed by atoms with Crippen LogP contribution in [0, 0.1) is 0 Å².